The third-order valence-electron chi connectivity index (χ3n) is 2.68. The zero-order valence-electron chi connectivity index (χ0n) is 9.21. The van der Waals surface area contributed by atoms with Gasteiger partial charge in [-0.25, -0.2) is 0 Å². The largest absolute Gasteiger partial charge is 0.359 e. The van der Waals surface area contributed by atoms with Crippen LogP contribution in [0.15, 0.2) is 3.92 Å². The highest BCUT2D eigenvalue weighted by atomic mass is 79.9. The van der Waals surface area contributed by atoms with Crippen molar-refractivity contribution in [3.05, 3.63) is 3.92 Å². The molecule has 0 bridgehead atoms. The van der Waals surface area contributed by atoms with Crippen molar-refractivity contribution in [2.75, 3.05) is 18.1 Å². The van der Waals surface area contributed by atoms with E-state index in [0.717, 1.165) is 28.4 Å². The second kappa shape index (κ2) is 6.06. The molecule has 15 heavy (non-hydrogen) atoms. The number of aromatic nitrogens is 2. The average molecular weight is 310 g/mol. The predicted molar refractivity (Wildman–Crippen MR) is 72.9 cm³/mol. The Labute approximate surface area is 108 Å². The van der Waals surface area contributed by atoms with Gasteiger partial charge in [0.25, 0.3) is 0 Å². The maximum absolute atomic E-state index is 4.02. The van der Waals surface area contributed by atoms with Crippen LogP contribution in [0, 0.1) is 0 Å². The number of nitrogens with one attached hydrogen (secondary N) is 1. The second-order valence-corrected chi connectivity index (χ2v) is 6.84. The summed E-state index contributed by atoms with van der Waals surface area (Å²) in [6, 6.07) is 0. The first kappa shape index (κ1) is 13.3. The molecule has 86 valence electrons. The van der Waals surface area contributed by atoms with Gasteiger partial charge in [-0.2, -0.15) is 11.8 Å². The summed E-state index contributed by atoms with van der Waals surface area (Å²) in [6.45, 7) is 5.41. The molecule has 0 aliphatic rings. The molecule has 0 aliphatic heterocycles. The van der Waals surface area contributed by atoms with Crippen LogP contribution in [0.25, 0.3) is 0 Å². The van der Waals surface area contributed by atoms with Crippen LogP contribution in [0.2, 0.25) is 0 Å². The zero-order valence-corrected chi connectivity index (χ0v) is 12.4. The first-order valence-electron chi connectivity index (χ1n) is 4.94. The van der Waals surface area contributed by atoms with Gasteiger partial charge in [0.2, 0.25) is 5.13 Å². The Morgan fingerprint density at radius 3 is 2.47 bits per heavy atom. The van der Waals surface area contributed by atoms with Crippen LogP contribution in [-0.2, 0) is 0 Å². The number of nitrogens with zero attached hydrogens (tertiary/aromatic N) is 2. The van der Waals surface area contributed by atoms with Crippen LogP contribution in [0.1, 0.15) is 26.7 Å². The van der Waals surface area contributed by atoms with E-state index in [4.69, 9.17) is 0 Å². The van der Waals surface area contributed by atoms with Crippen LogP contribution >= 0.6 is 39.0 Å². The van der Waals surface area contributed by atoms with Gasteiger partial charge in [-0.15, -0.1) is 10.2 Å². The lowest BCUT2D eigenvalue weighted by molar-refractivity contribution is 0.574. The maximum atomic E-state index is 4.02. The average Bonchev–Trinajstić information content (AvgIpc) is 2.67. The summed E-state index contributed by atoms with van der Waals surface area (Å²) in [7, 11) is 0. The van der Waals surface area contributed by atoms with Crippen LogP contribution in [0.3, 0.4) is 0 Å². The van der Waals surface area contributed by atoms with Crippen LogP contribution in [-0.4, -0.2) is 27.7 Å². The van der Waals surface area contributed by atoms with Gasteiger partial charge in [0, 0.05) is 11.3 Å². The van der Waals surface area contributed by atoms with Gasteiger partial charge >= 0.3 is 0 Å². The smallest absolute Gasteiger partial charge is 0.206 e. The Balaban J connectivity index is 2.54. The minimum Gasteiger partial charge on any atom is -0.359 e. The molecule has 0 saturated heterocycles. The molecule has 0 saturated carbocycles. The Hall–Kier alpha value is 0.190. The molecule has 1 rings (SSSR count). The molecule has 0 amide bonds. The summed E-state index contributed by atoms with van der Waals surface area (Å²) in [4.78, 5) is 0. The molecule has 1 aromatic heterocycles. The highest BCUT2D eigenvalue weighted by Gasteiger charge is 2.24. The molecule has 0 radical (unpaired) electrons. The lowest BCUT2D eigenvalue weighted by Crippen LogP contribution is -2.31. The minimum atomic E-state index is 0.318. The van der Waals surface area contributed by atoms with Gasteiger partial charge < -0.3 is 5.32 Å². The fraction of sp³-hybridized carbons (Fsp3) is 0.778. The van der Waals surface area contributed by atoms with Gasteiger partial charge in [0.1, 0.15) is 0 Å². The van der Waals surface area contributed by atoms with Crippen molar-refractivity contribution in [1.29, 1.82) is 0 Å². The number of halogens is 1. The third kappa shape index (κ3) is 3.60. The fourth-order valence-electron chi connectivity index (χ4n) is 1.37. The summed E-state index contributed by atoms with van der Waals surface area (Å²) >= 11 is 6.76. The van der Waals surface area contributed by atoms with Gasteiger partial charge in [-0.3, -0.25) is 0 Å². The van der Waals surface area contributed by atoms with E-state index in [1.165, 1.54) is 11.3 Å². The zero-order chi connectivity index (χ0) is 11.3. The van der Waals surface area contributed by atoms with Crippen molar-refractivity contribution in [2.45, 2.75) is 31.4 Å². The Morgan fingerprint density at radius 1 is 1.40 bits per heavy atom. The minimum absolute atomic E-state index is 0.318. The number of hydrogen-bond acceptors (Lipinski definition) is 5. The molecule has 0 fully saturated rings. The van der Waals surface area contributed by atoms with E-state index in [1.807, 2.05) is 11.8 Å². The molecule has 1 heterocycles. The summed E-state index contributed by atoms with van der Waals surface area (Å²) in [5.41, 5.74) is 0. The van der Waals surface area contributed by atoms with Gasteiger partial charge in [-0.05, 0) is 35.0 Å². The topological polar surface area (TPSA) is 37.8 Å². The first-order valence-corrected chi connectivity index (χ1v) is 7.77. The quantitative estimate of drug-likeness (QED) is 0.870. The molecular weight excluding hydrogens is 294 g/mol. The molecule has 1 N–H and O–H groups in total. The van der Waals surface area contributed by atoms with Crippen molar-refractivity contribution in [3.8, 4) is 0 Å². The van der Waals surface area contributed by atoms with Crippen molar-refractivity contribution in [1.82, 2.24) is 10.2 Å². The van der Waals surface area contributed by atoms with E-state index in [9.17, 15) is 0 Å². The number of anilines is 1. The lowest BCUT2D eigenvalue weighted by atomic mass is 10.0. The molecular formula is C9H16BrN3S2. The SMILES string of the molecule is CCC(CC)(CNc1nnc(Br)s1)SC. The van der Waals surface area contributed by atoms with Crippen molar-refractivity contribution < 1.29 is 0 Å². The van der Waals surface area contributed by atoms with Gasteiger partial charge in [0.15, 0.2) is 3.92 Å². The van der Waals surface area contributed by atoms with Crippen molar-refractivity contribution in [3.63, 3.8) is 0 Å². The summed E-state index contributed by atoms with van der Waals surface area (Å²) in [6.07, 6.45) is 4.50. The molecule has 0 unspecified atom stereocenters. The first-order chi connectivity index (χ1) is 7.15. The number of hydrogen-bond donors (Lipinski definition) is 1. The number of thioether (sulfide) groups is 1. The van der Waals surface area contributed by atoms with E-state index in [0.29, 0.717) is 4.75 Å². The Bertz CT molecular complexity index is 291. The standard InChI is InChI=1S/C9H16BrN3S2/c1-4-9(5-2,14-3)6-11-8-13-12-7(10)15-8/h4-6H2,1-3H3,(H,11,13). The van der Waals surface area contributed by atoms with Gasteiger partial charge in [0.05, 0.1) is 0 Å². The van der Waals surface area contributed by atoms with Crippen LogP contribution in [0.5, 0.6) is 0 Å². The predicted octanol–water partition coefficient (Wildman–Crippen LogP) is 3.63. The molecule has 0 spiro atoms. The molecule has 3 nitrogen and oxygen atoms in total. The van der Waals surface area contributed by atoms with E-state index >= 15 is 0 Å². The van der Waals surface area contributed by atoms with E-state index in [2.05, 4.69) is 51.5 Å². The fourth-order valence-corrected chi connectivity index (χ4v) is 3.17. The molecule has 0 atom stereocenters. The summed E-state index contributed by atoms with van der Waals surface area (Å²) < 4.78 is 1.14. The van der Waals surface area contributed by atoms with Crippen LogP contribution in [0.4, 0.5) is 5.13 Å². The Morgan fingerprint density at radius 2 is 2.07 bits per heavy atom. The highest BCUT2D eigenvalue weighted by molar-refractivity contribution is 9.11. The highest BCUT2D eigenvalue weighted by Crippen LogP contribution is 2.31. The van der Waals surface area contributed by atoms with Crippen molar-refractivity contribution in [2.24, 2.45) is 0 Å². The van der Waals surface area contributed by atoms with E-state index in [1.54, 1.807) is 0 Å². The summed E-state index contributed by atoms with van der Waals surface area (Å²) in [5, 5.41) is 12.2. The number of rotatable bonds is 6. The summed E-state index contributed by atoms with van der Waals surface area (Å²) in [5.74, 6) is 0. The molecule has 0 aromatic carbocycles. The normalized spacial score (nSPS) is 11.7. The second-order valence-electron chi connectivity index (χ2n) is 3.31. The van der Waals surface area contributed by atoms with E-state index in [-0.39, 0.29) is 0 Å². The third-order valence-corrected chi connectivity index (χ3v) is 5.59. The van der Waals surface area contributed by atoms with Crippen molar-refractivity contribution >= 4 is 44.2 Å². The monoisotopic (exact) mass is 309 g/mol. The molecule has 0 aliphatic carbocycles. The lowest BCUT2D eigenvalue weighted by Gasteiger charge is -2.29. The molecule has 1 aromatic rings. The van der Waals surface area contributed by atoms with E-state index < -0.39 is 0 Å². The maximum Gasteiger partial charge on any atom is 0.206 e. The Kier molecular flexibility index (Phi) is 5.35. The molecule has 6 heteroatoms. The van der Waals surface area contributed by atoms with Crippen LogP contribution < -0.4 is 5.32 Å². The van der Waals surface area contributed by atoms with Gasteiger partial charge in [-0.1, -0.05) is 25.2 Å².